The average Bonchev–Trinajstić information content (AvgIpc) is 1.72. The van der Waals surface area contributed by atoms with Crippen LogP contribution in [-0.4, -0.2) is 350 Å². The number of nitrogens with one attached hydrogen (secondary N) is 8. The summed E-state index contributed by atoms with van der Waals surface area (Å²) < 4.78 is 53.0. The first-order valence-electron chi connectivity index (χ1n) is 42.6. The third-order valence-corrected chi connectivity index (χ3v) is 16.8. The maximum atomic E-state index is 12.2. The zero-order chi connectivity index (χ0) is 90.5. The maximum Gasteiger partial charge on any atom is 0.410 e. The van der Waals surface area contributed by atoms with E-state index in [0.29, 0.717) is 118 Å². The number of carbonyl (C=O) groups is 10. The van der Waals surface area contributed by atoms with Crippen LogP contribution in [0.25, 0.3) is 0 Å². The number of likely N-dealkylation sites (tertiary alicyclic amines) is 3. The molecule has 0 aromatic heterocycles. The number of piperidine rings is 2. The molecule has 4 saturated heterocycles. The van der Waals surface area contributed by atoms with Crippen molar-refractivity contribution in [3.8, 4) is 0 Å². The fraction of sp³-hybridized carbons (Fsp3) is 0.881. The molecule has 0 bridgehead atoms. The van der Waals surface area contributed by atoms with Crippen LogP contribution in [0.1, 0.15) is 226 Å². The molecule has 10 N–H and O–H groups in total. The van der Waals surface area contributed by atoms with Gasteiger partial charge in [0, 0.05) is 117 Å². The molecule has 119 heavy (non-hydrogen) atoms. The van der Waals surface area contributed by atoms with Gasteiger partial charge in [-0.2, -0.15) is 0 Å². The highest BCUT2D eigenvalue weighted by Gasteiger charge is 2.37. The Bertz CT molecular complexity index is 2730. The number of ether oxygens (including phenoxy) is 10. The lowest BCUT2D eigenvalue weighted by molar-refractivity contribution is -0.126. The third-order valence-electron chi connectivity index (χ3n) is 16.8. The van der Waals surface area contributed by atoms with E-state index >= 15 is 0 Å². The quantitative estimate of drug-likeness (QED) is 0.0224. The zero-order valence-electron chi connectivity index (χ0n) is 78.0. The van der Waals surface area contributed by atoms with E-state index in [1.807, 2.05) is 125 Å². The molecule has 1 unspecified atom stereocenters. The fourth-order valence-corrected chi connectivity index (χ4v) is 10.7. The molecule has 0 saturated carbocycles. The number of hydrogen-bond donors (Lipinski definition) is 9. The van der Waals surface area contributed by atoms with Gasteiger partial charge in [-0.15, -0.1) is 0 Å². The van der Waals surface area contributed by atoms with Crippen molar-refractivity contribution in [2.24, 2.45) is 5.73 Å². The topological polar surface area (TPSA) is 405 Å². The maximum absolute atomic E-state index is 12.2. The van der Waals surface area contributed by atoms with Crippen LogP contribution in [0.5, 0.6) is 0 Å². The van der Waals surface area contributed by atoms with E-state index in [0.717, 1.165) is 84.5 Å². The van der Waals surface area contributed by atoms with Crippen LogP contribution in [0.3, 0.4) is 0 Å². The monoisotopic (exact) mass is 1710 g/mol. The van der Waals surface area contributed by atoms with Crippen LogP contribution >= 0.6 is 0 Å². The smallest absolute Gasteiger partial charge is 0.410 e. The molecule has 10 amide bonds. The lowest BCUT2D eigenvalue weighted by Gasteiger charge is -2.32. The molecule has 0 aromatic carbocycles. The highest BCUT2D eigenvalue weighted by molar-refractivity contribution is 5.87. The van der Waals surface area contributed by atoms with Gasteiger partial charge in [0.2, 0.25) is 35.4 Å². The van der Waals surface area contributed by atoms with Gasteiger partial charge in [-0.1, -0.05) is 7.43 Å². The Balaban J connectivity index is -0.00000136. The molecule has 35 nitrogen and oxygen atoms in total. The minimum atomic E-state index is -0.645. The number of amides is 10. The normalized spacial score (nSPS) is 16.3. The van der Waals surface area contributed by atoms with E-state index in [2.05, 4.69) is 69.2 Å². The van der Waals surface area contributed by atoms with Gasteiger partial charge in [0.25, 0.3) is 0 Å². The van der Waals surface area contributed by atoms with Gasteiger partial charge >= 0.3 is 24.4 Å². The van der Waals surface area contributed by atoms with Crippen molar-refractivity contribution in [1.29, 1.82) is 0 Å². The summed E-state index contributed by atoms with van der Waals surface area (Å²) in [5.74, 6) is -0.440. The van der Waals surface area contributed by atoms with Crippen LogP contribution in [0, 0.1) is 0 Å². The van der Waals surface area contributed by atoms with Crippen molar-refractivity contribution in [2.45, 2.75) is 315 Å². The van der Waals surface area contributed by atoms with Crippen molar-refractivity contribution in [3.05, 3.63) is 0 Å². The Kier molecular flexibility index (Phi) is 62.1. The van der Waals surface area contributed by atoms with E-state index in [9.17, 15) is 47.9 Å². The van der Waals surface area contributed by atoms with Crippen molar-refractivity contribution < 1.29 is 95.3 Å². The number of nitrogens with zero attached hydrogens (tertiary/aromatic N) is 6. The van der Waals surface area contributed by atoms with E-state index < -0.39 is 58.8 Å². The molecular formula is C84H169N15O20. The Morgan fingerprint density at radius 2 is 0.731 bits per heavy atom. The second-order valence-electron chi connectivity index (χ2n) is 35.3. The summed E-state index contributed by atoms with van der Waals surface area (Å²) in [6.07, 6.45) is 4.25. The second kappa shape index (κ2) is 63.4. The summed E-state index contributed by atoms with van der Waals surface area (Å²) >= 11 is 0. The van der Waals surface area contributed by atoms with Gasteiger partial charge < -0.3 is 101 Å². The fourth-order valence-electron chi connectivity index (χ4n) is 10.7. The molecule has 0 spiro atoms. The van der Waals surface area contributed by atoms with Crippen LogP contribution in [-0.2, 0) is 76.1 Å². The highest BCUT2D eigenvalue weighted by Crippen LogP contribution is 2.22. The Hall–Kier alpha value is -6.54. The molecule has 35 heteroatoms. The number of carbonyl (C=O) groups excluding carboxylic acids is 10. The molecule has 4 fully saturated rings. The standard InChI is InChI=1S/C17H33N3O4.C15H28N2O4.C14H28N2O4.C13H26N2O4.2C12H25N3O2.CH4/c1-13(2)23-11-8-18-15(21)12-20-9-6-14(7-10-20)19-16(22)24-17(3,4)5;1-11(2)20-10-8-16-13(18)12-7-6-9-17(12)14(19)21-15(3,4)5;1-10(2)19-9-8-15-12(17)11(3)16(7)13(18)20-14(4,5)6;1-9(2)18-8-7-14-11(16)10(3)15-12(17)19-13(4,5)6;1-11(2)17-9-4-13-12(16)10-15-7-5-14(3)6-8-15;1-10(2)17-8-5-14-12(16)9-15-6-3-11(13)4-7-15;/h13-14H,6-12H2,1-5H3,(H,18,21)(H,19,22);11-12H,6-10H2,1-5H3,(H,16,18);10-11H,8-9H2,1-7H3,(H,15,17);9-10H,7-8H2,1-6H3,(H,14,16)(H,15,17);11H,4-10H2,1-3H3,(H,13,16);10-11H,3-9,13H2,1-2H3,(H,14,16);1H4/t;;11-;10-;;;/m..00.../s1. The van der Waals surface area contributed by atoms with Crippen LogP contribution in [0.4, 0.5) is 19.2 Å². The van der Waals surface area contributed by atoms with Gasteiger partial charge in [0.15, 0.2) is 0 Å². The lowest BCUT2D eigenvalue weighted by Crippen LogP contribution is -2.48. The molecule has 4 aliphatic heterocycles. The molecule has 0 aromatic rings. The van der Waals surface area contributed by atoms with Crippen LogP contribution < -0.4 is 48.3 Å². The SMILES string of the molecule is C.CC(C)OCCNC(=O)C1CCCN1C(=O)OC(C)(C)C.CC(C)OCCNC(=O)CN1CCC(N)CC1.CC(C)OCCNC(=O)CN1CCC(NC(=O)OC(C)(C)C)CC1.CC(C)OCCNC(=O)CN1CCN(C)CC1.CC(C)OCCNC(=O)[C@H](C)N(C)C(=O)OC(C)(C)C.CC(C)OCCNC(=O)[C@H](C)NC(=O)OC(C)(C)C. The van der Waals surface area contributed by atoms with E-state index in [4.69, 9.17) is 53.1 Å². The minimum absolute atomic E-state index is 0. The largest absolute Gasteiger partial charge is 0.444 e. The van der Waals surface area contributed by atoms with Crippen molar-refractivity contribution in [2.75, 3.05) is 172 Å². The second-order valence-corrected chi connectivity index (χ2v) is 35.3. The van der Waals surface area contributed by atoms with Gasteiger partial charge in [-0.3, -0.25) is 53.3 Å². The number of likely N-dealkylation sites (N-methyl/N-ethyl adjacent to an activating group) is 2. The molecule has 0 aliphatic carbocycles. The number of rotatable bonds is 36. The summed E-state index contributed by atoms with van der Waals surface area (Å²) in [4.78, 5) is 129. The Labute approximate surface area is 716 Å². The molecular weight excluding hydrogens is 1540 g/mol. The highest BCUT2D eigenvalue weighted by atomic mass is 16.6. The summed E-state index contributed by atoms with van der Waals surface area (Å²) in [5.41, 5.74) is 3.62. The van der Waals surface area contributed by atoms with Crippen molar-refractivity contribution >= 4 is 59.8 Å². The summed E-state index contributed by atoms with van der Waals surface area (Å²) in [7, 11) is 3.66. The first-order valence-corrected chi connectivity index (χ1v) is 42.6. The number of nitrogens with two attached hydrogens (primary N) is 1. The predicted octanol–water partition coefficient (Wildman–Crippen LogP) is 7.03. The van der Waals surface area contributed by atoms with Gasteiger partial charge in [-0.05, 0) is 226 Å². The van der Waals surface area contributed by atoms with Gasteiger partial charge in [-0.25, -0.2) is 19.2 Å². The van der Waals surface area contributed by atoms with E-state index in [-0.39, 0.29) is 91.6 Å². The molecule has 4 aliphatic rings. The predicted molar refractivity (Wildman–Crippen MR) is 466 cm³/mol. The molecule has 0 radical (unpaired) electrons. The molecule has 3 atom stereocenters. The van der Waals surface area contributed by atoms with Crippen molar-refractivity contribution in [1.82, 2.24) is 71.9 Å². The minimum Gasteiger partial charge on any atom is -0.444 e. The molecule has 700 valence electrons. The first-order chi connectivity index (χ1) is 54.7. The molecule has 4 rings (SSSR count). The zero-order valence-corrected chi connectivity index (χ0v) is 78.0. The van der Waals surface area contributed by atoms with Gasteiger partial charge in [0.05, 0.1) is 95.9 Å². The molecule has 4 heterocycles. The third kappa shape index (κ3) is 68.7. The van der Waals surface area contributed by atoms with E-state index in [1.165, 1.54) is 9.80 Å². The first kappa shape index (κ1) is 117. The number of alkyl carbamates (subject to hydrolysis) is 2. The number of hydrogen-bond acceptors (Lipinski definition) is 25. The summed E-state index contributed by atoms with van der Waals surface area (Å²) in [5, 5.41) is 22.2. The van der Waals surface area contributed by atoms with Crippen LogP contribution in [0.2, 0.25) is 0 Å². The Morgan fingerprint density at radius 3 is 1.09 bits per heavy atom. The van der Waals surface area contributed by atoms with Crippen LogP contribution in [0.15, 0.2) is 0 Å². The van der Waals surface area contributed by atoms with Crippen molar-refractivity contribution in [3.63, 3.8) is 0 Å². The van der Waals surface area contributed by atoms with E-state index in [1.54, 1.807) is 62.4 Å². The summed E-state index contributed by atoms with van der Waals surface area (Å²) in [6.45, 7) is 63.9. The average molecular weight is 1710 g/mol. The lowest BCUT2D eigenvalue weighted by atomic mass is 10.1. The summed E-state index contributed by atoms with van der Waals surface area (Å²) in [6, 6.07) is -1.25. The van der Waals surface area contributed by atoms with Gasteiger partial charge in [0.1, 0.15) is 40.5 Å². The number of piperazine rings is 1. The Morgan fingerprint density at radius 1 is 0.403 bits per heavy atom.